The molecular weight excluding hydrogens is 518 g/mol. The molecule has 0 saturated carbocycles. The van der Waals surface area contributed by atoms with Crippen LogP contribution >= 0.6 is 0 Å². The molecule has 0 radical (unpaired) electrons. The van der Waals surface area contributed by atoms with Crippen LogP contribution in [0.25, 0.3) is 22.0 Å². The monoisotopic (exact) mass is 549 g/mol. The van der Waals surface area contributed by atoms with Gasteiger partial charge in [0.05, 0.1) is 59.0 Å². The summed E-state index contributed by atoms with van der Waals surface area (Å²) in [5.74, 6) is 1.89. The zero-order valence-corrected chi connectivity index (χ0v) is 23.5. The Bertz CT molecular complexity index is 1850. The van der Waals surface area contributed by atoms with E-state index in [9.17, 15) is 4.79 Å². The van der Waals surface area contributed by atoms with Crippen LogP contribution in [-0.4, -0.2) is 49.6 Å². The highest BCUT2D eigenvalue weighted by molar-refractivity contribution is 5.98. The highest BCUT2D eigenvalue weighted by Gasteiger charge is 2.30. The van der Waals surface area contributed by atoms with Gasteiger partial charge in [-0.2, -0.15) is 5.10 Å². The molecular formula is C30H31N9O2. The first-order valence-electron chi connectivity index (χ1n) is 13.7. The smallest absolute Gasteiger partial charge is 0.261 e. The number of hydrogen-bond acceptors (Lipinski definition) is 9. The van der Waals surface area contributed by atoms with Gasteiger partial charge in [0.15, 0.2) is 0 Å². The number of nitrogens with one attached hydrogen (secondary N) is 2. The summed E-state index contributed by atoms with van der Waals surface area (Å²) in [5.41, 5.74) is 7.34. The third-order valence-electron chi connectivity index (χ3n) is 7.77. The quantitative estimate of drug-likeness (QED) is 0.324. The number of rotatable bonds is 5. The second-order valence-corrected chi connectivity index (χ2v) is 10.8. The van der Waals surface area contributed by atoms with Crippen LogP contribution in [0.3, 0.4) is 0 Å². The summed E-state index contributed by atoms with van der Waals surface area (Å²) >= 11 is 0. The maximum Gasteiger partial charge on any atom is 0.261 e. The first-order valence-corrected chi connectivity index (χ1v) is 13.7. The van der Waals surface area contributed by atoms with Crippen molar-refractivity contribution in [1.82, 2.24) is 29.3 Å². The average Bonchev–Trinajstić information content (AvgIpc) is 3.60. The van der Waals surface area contributed by atoms with Gasteiger partial charge in [0, 0.05) is 55.9 Å². The first-order chi connectivity index (χ1) is 19.9. The van der Waals surface area contributed by atoms with Crippen molar-refractivity contribution in [3.05, 3.63) is 76.4 Å². The van der Waals surface area contributed by atoms with Crippen molar-refractivity contribution >= 4 is 39.6 Å². The van der Waals surface area contributed by atoms with Crippen molar-refractivity contribution in [3.8, 4) is 11.1 Å². The molecule has 2 aliphatic rings. The molecule has 1 saturated heterocycles. The number of nitrogens with zero attached hydrogens (tertiary/aromatic N) is 7. The van der Waals surface area contributed by atoms with E-state index in [0.717, 1.165) is 47.8 Å². The van der Waals surface area contributed by atoms with Crippen molar-refractivity contribution in [1.29, 1.82) is 0 Å². The fourth-order valence-corrected chi connectivity index (χ4v) is 5.93. The van der Waals surface area contributed by atoms with E-state index in [0.29, 0.717) is 40.7 Å². The molecule has 0 spiro atoms. The van der Waals surface area contributed by atoms with Crippen molar-refractivity contribution in [2.75, 3.05) is 35.8 Å². The summed E-state index contributed by atoms with van der Waals surface area (Å²) in [4.78, 5) is 29.2. The van der Waals surface area contributed by atoms with Gasteiger partial charge in [-0.3, -0.25) is 9.48 Å². The molecule has 2 N–H and O–H groups in total. The molecule has 0 bridgehead atoms. The largest absolute Gasteiger partial charge is 0.379 e. The molecule has 0 aliphatic carbocycles. The Morgan fingerprint density at radius 3 is 2.63 bits per heavy atom. The van der Waals surface area contributed by atoms with E-state index in [4.69, 9.17) is 14.8 Å². The van der Waals surface area contributed by atoms with E-state index < -0.39 is 0 Å². The minimum absolute atomic E-state index is 0.127. The molecule has 11 heteroatoms. The summed E-state index contributed by atoms with van der Waals surface area (Å²) in [7, 11) is 3.84. The summed E-state index contributed by atoms with van der Waals surface area (Å²) in [6.07, 6.45) is 4.67. The Labute approximate surface area is 236 Å². The van der Waals surface area contributed by atoms with Gasteiger partial charge in [-0.1, -0.05) is 12.1 Å². The zero-order valence-electron chi connectivity index (χ0n) is 23.5. The molecule has 7 rings (SSSR count). The van der Waals surface area contributed by atoms with E-state index in [-0.39, 0.29) is 11.6 Å². The zero-order chi connectivity index (χ0) is 28.2. The van der Waals surface area contributed by atoms with Crippen LogP contribution < -0.4 is 21.1 Å². The van der Waals surface area contributed by atoms with Gasteiger partial charge < -0.3 is 24.8 Å². The van der Waals surface area contributed by atoms with Crippen molar-refractivity contribution in [3.63, 3.8) is 0 Å². The second-order valence-electron chi connectivity index (χ2n) is 10.8. The number of hydrogen-bond donors (Lipinski definition) is 2. The van der Waals surface area contributed by atoms with Crippen LogP contribution in [0.2, 0.25) is 0 Å². The van der Waals surface area contributed by atoms with Gasteiger partial charge in [-0.05, 0) is 32.4 Å². The Balaban J connectivity index is 1.33. The topological polar surface area (TPSA) is 115 Å². The van der Waals surface area contributed by atoms with Gasteiger partial charge in [-0.25, -0.2) is 15.0 Å². The van der Waals surface area contributed by atoms with Crippen LogP contribution in [0.1, 0.15) is 29.7 Å². The van der Waals surface area contributed by atoms with Crippen LogP contribution in [0.5, 0.6) is 0 Å². The van der Waals surface area contributed by atoms with E-state index in [1.54, 1.807) is 17.8 Å². The molecule has 5 aromatic rings. The number of fused-ring (bicyclic) bond motifs is 4. The van der Waals surface area contributed by atoms with E-state index in [1.807, 2.05) is 50.4 Å². The second kappa shape index (κ2) is 9.70. The maximum atomic E-state index is 13.4. The van der Waals surface area contributed by atoms with Crippen molar-refractivity contribution < 1.29 is 4.74 Å². The average molecular weight is 550 g/mol. The summed E-state index contributed by atoms with van der Waals surface area (Å²) < 4.78 is 9.34. The minimum Gasteiger partial charge on any atom is -0.379 e. The Hall–Kier alpha value is -4.77. The highest BCUT2D eigenvalue weighted by atomic mass is 16.5. The molecule has 1 fully saturated rings. The number of benzene rings is 1. The van der Waals surface area contributed by atoms with Gasteiger partial charge in [-0.15, -0.1) is 0 Å². The number of anilines is 5. The summed E-state index contributed by atoms with van der Waals surface area (Å²) in [5, 5.41) is 12.2. The van der Waals surface area contributed by atoms with Gasteiger partial charge >= 0.3 is 0 Å². The minimum atomic E-state index is -0.127. The number of pyridine rings is 2. The lowest BCUT2D eigenvalue weighted by atomic mass is 9.97. The van der Waals surface area contributed by atoms with Crippen molar-refractivity contribution in [2.24, 2.45) is 7.05 Å². The number of aromatic nitrogens is 6. The third-order valence-corrected chi connectivity index (χ3v) is 7.77. The molecule has 208 valence electrons. The first kappa shape index (κ1) is 25.2. The lowest BCUT2D eigenvalue weighted by Gasteiger charge is -2.31. The fraction of sp³-hybridized carbons (Fsp3) is 0.300. The van der Waals surface area contributed by atoms with Gasteiger partial charge in [0.2, 0.25) is 0 Å². The number of aryl methyl sites for hydroxylation is 3. The Morgan fingerprint density at radius 1 is 0.976 bits per heavy atom. The molecule has 0 unspecified atom stereocenters. The molecule has 6 heterocycles. The lowest BCUT2D eigenvalue weighted by Crippen LogP contribution is -2.26. The predicted octanol–water partition coefficient (Wildman–Crippen LogP) is 4.60. The predicted molar refractivity (Wildman–Crippen MR) is 159 cm³/mol. The molecule has 2 aliphatic heterocycles. The third kappa shape index (κ3) is 4.38. The Morgan fingerprint density at radius 2 is 1.83 bits per heavy atom. The van der Waals surface area contributed by atoms with E-state index >= 15 is 0 Å². The van der Waals surface area contributed by atoms with Crippen LogP contribution in [0.4, 0.5) is 28.7 Å². The van der Waals surface area contributed by atoms with Gasteiger partial charge in [0.25, 0.3) is 5.56 Å². The van der Waals surface area contributed by atoms with Crippen LogP contribution in [0, 0.1) is 13.8 Å². The SMILES string of the molecule is Cc1cc(Nc2cc(Nc3cccc4c3N(C)Cc3c-4cnn3[C@H]3CCOC3)c3c(=O)n(C)ccc3n2)nc(C)n1. The Kier molecular flexibility index (Phi) is 5.97. The van der Waals surface area contributed by atoms with Crippen LogP contribution in [-0.2, 0) is 18.3 Å². The van der Waals surface area contributed by atoms with E-state index in [1.165, 1.54) is 5.69 Å². The summed E-state index contributed by atoms with van der Waals surface area (Å²) in [6.45, 7) is 5.97. The van der Waals surface area contributed by atoms with Crippen molar-refractivity contribution in [2.45, 2.75) is 32.9 Å². The molecule has 1 atom stereocenters. The lowest BCUT2D eigenvalue weighted by molar-refractivity contribution is 0.184. The highest BCUT2D eigenvalue weighted by Crippen LogP contribution is 2.45. The molecule has 11 nitrogen and oxygen atoms in total. The fourth-order valence-electron chi connectivity index (χ4n) is 5.93. The maximum absolute atomic E-state index is 13.4. The van der Waals surface area contributed by atoms with E-state index in [2.05, 4.69) is 43.3 Å². The van der Waals surface area contributed by atoms with Crippen LogP contribution in [0.15, 0.2) is 53.6 Å². The molecule has 4 aromatic heterocycles. The number of para-hydroxylation sites is 1. The summed E-state index contributed by atoms with van der Waals surface area (Å²) in [6, 6.07) is 12.1. The van der Waals surface area contributed by atoms with Gasteiger partial charge in [0.1, 0.15) is 17.5 Å². The standard InChI is InChI=1S/C30H31N9O2/c1-17-12-26(33-18(2)32-17)36-27-13-24(28-22(35-27)8-10-37(3)30(28)40)34-23-7-5-6-20-21-14-31-39(19-9-11-41-16-19)25(21)15-38(4)29(20)23/h5-8,10,12-14,19H,9,11,15-16H2,1-4H3,(H2,32,33,34,35,36)/t19-/m0/s1. The molecule has 1 aromatic carbocycles. The number of ether oxygens (including phenoxy) is 1. The molecule has 0 amide bonds. The molecule has 41 heavy (non-hydrogen) atoms. The normalized spacial score (nSPS) is 16.1.